The van der Waals surface area contributed by atoms with Gasteiger partial charge in [0.15, 0.2) is 11.5 Å². The summed E-state index contributed by atoms with van der Waals surface area (Å²) in [6, 6.07) is 5.01. The highest BCUT2D eigenvalue weighted by Gasteiger charge is 2.29. The van der Waals surface area contributed by atoms with Gasteiger partial charge in [0.1, 0.15) is 5.52 Å². The molecule has 0 bridgehead atoms. The predicted molar refractivity (Wildman–Crippen MR) is 82.0 cm³/mol. The predicted octanol–water partition coefficient (Wildman–Crippen LogP) is 3.02. The molecule has 1 saturated carbocycles. The number of aromatic nitrogens is 1. The zero-order chi connectivity index (χ0) is 15.0. The van der Waals surface area contributed by atoms with E-state index in [9.17, 15) is 4.79 Å². The van der Waals surface area contributed by atoms with Crippen LogP contribution in [0.4, 0.5) is 5.69 Å². The van der Waals surface area contributed by atoms with E-state index >= 15 is 0 Å². The summed E-state index contributed by atoms with van der Waals surface area (Å²) in [5, 5.41) is 2.86. The molecule has 0 saturated heterocycles. The topological polar surface area (TPSA) is 81.2 Å². The normalized spacial score (nSPS) is 17.7. The molecule has 5 nitrogen and oxygen atoms in total. The fraction of sp³-hybridized carbons (Fsp3) is 0.500. The molecule has 2 aromatic rings. The number of nitrogens with two attached hydrogens (primary N) is 1. The molecule has 1 fully saturated rings. The molecule has 3 rings (SSSR count). The number of nitrogens with one attached hydrogen (secondary N) is 1. The number of fused-ring (bicyclic) bond motifs is 1. The molecule has 0 aliphatic heterocycles. The molecule has 3 N–H and O–H groups in total. The molecular weight excluding hydrogens is 266 g/mol. The van der Waals surface area contributed by atoms with Gasteiger partial charge in [-0.1, -0.05) is 20.3 Å². The third-order valence-corrected chi connectivity index (χ3v) is 4.16. The number of rotatable bonds is 5. The Labute approximate surface area is 123 Å². The van der Waals surface area contributed by atoms with Crippen LogP contribution in [0.1, 0.15) is 44.9 Å². The molecule has 1 unspecified atom stereocenters. The number of amides is 1. The lowest BCUT2D eigenvalue weighted by atomic mass is 9.99. The molecule has 1 amide bonds. The molecule has 5 heteroatoms. The molecule has 1 aromatic heterocycles. The quantitative estimate of drug-likeness (QED) is 0.885. The first-order valence-corrected chi connectivity index (χ1v) is 7.55. The van der Waals surface area contributed by atoms with Crippen LogP contribution in [0.5, 0.6) is 0 Å². The highest BCUT2D eigenvalue weighted by Crippen LogP contribution is 2.40. The molecule has 2 atom stereocenters. The third kappa shape index (κ3) is 2.93. The van der Waals surface area contributed by atoms with E-state index in [2.05, 4.69) is 10.3 Å². The van der Waals surface area contributed by atoms with Crippen LogP contribution < -0.4 is 11.1 Å². The van der Waals surface area contributed by atoms with E-state index in [0.717, 1.165) is 36.3 Å². The lowest BCUT2D eigenvalue weighted by Crippen LogP contribution is -2.40. The maximum Gasteiger partial charge on any atom is 0.241 e. The zero-order valence-corrected chi connectivity index (χ0v) is 12.4. The Morgan fingerprint density at radius 2 is 2.29 bits per heavy atom. The fourth-order valence-electron chi connectivity index (χ4n) is 2.27. The van der Waals surface area contributed by atoms with Crippen LogP contribution >= 0.6 is 0 Å². The molecule has 112 valence electrons. The maximum absolute atomic E-state index is 12.1. The second-order valence-corrected chi connectivity index (χ2v) is 5.91. The van der Waals surface area contributed by atoms with E-state index in [0.29, 0.717) is 11.6 Å². The first-order chi connectivity index (χ1) is 10.1. The Hall–Kier alpha value is -1.88. The van der Waals surface area contributed by atoms with Crippen molar-refractivity contribution in [3.8, 4) is 0 Å². The van der Waals surface area contributed by atoms with Crippen LogP contribution in [0.2, 0.25) is 0 Å². The van der Waals surface area contributed by atoms with Crippen LogP contribution in [-0.4, -0.2) is 16.9 Å². The summed E-state index contributed by atoms with van der Waals surface area (Å²) in [6.45, 7) is 4.01. The SMILES string of the molecule is CCC(C)[C@H](N)C(=O)Nc1ccc2oc(C3CC3)nc2c1. The summed E-state index contributed by atoms with van der Waals surface area (Å²) in [5.41, 5.74) is 8.20. The number of anilines is 1. The van der Waals surface area contributed by atoms with Gasteiger partial charge in [-0.15, -0.1) is 0 Å². The maximum atomic E-state index is 12.1. The van der Waals surface area contributed by atoms with Crippen molar-refractivity contribution >= 4 is 22.7 Å². The Kier molecular flexibility index (Phi) is 3.68. The largest absolute Gasteiger partial charge is 0.440 e. The highest BCUT2D eigenvalue weighted by molar-refractivity contribution is 5.96. The molecule has 1 aliphatic rings. The van der Waals surface area contributed by atoms with Crippen molar-refractivity contribution in [1.29, 1.82) is 0 Å². The minimum atomic E-state index is -0.495. The number of hydrogen-bond acceptors (Lipinski definition) is 4. The van der Waals surface area contributed by atoms with E-state index in [1.807, 2.05) is 32.0 Å². The summed E-state index contributed by atoms with van der Waals surface area (Å²) in [7, 11) is 0. The minimum Gasteiger partial charge on any atom is -0.440 e. The van der Waals surface area contributed by atoms with Gasteiger partial charge >= 0.3 is 0 Å². The van der Waals surface area contributed by atoms with Gasteiger partial charge in [-0.05, 0) is 37.0 Å². The van der Waals surface area contributed by atoms with Gasteiger partial charge in [0.05, 0.1) is 6.04 Å². The Morgan fingerprint density at radius 1 is 1.52 bits per heavy atom. The van der Waals surface area contributed by atoms with E-state index in [1.54, 1.807) is 0 Å². The lowest BCUT2D eigenvalue weighted by molar-refractivity contribution is -0.118. The molecule has 21 heavy (non-hydrogen) atoms. The van der Waals surface area contributed by atoms with Crippen LogP contribution in [0.3, 0.4) is 0 Å². The van der Waals surface area contributed by atoms with Gasteiger partial charge in [-0.3, -0.25) is 4.79 Å². The van der Waals surface area contributed by atoms with Crippen molar-refractivity contribution in [3.05, 3.63) is 24.1 Å². The van der Waals surface area contributed by atoms with E-state index in [-0.39, 0.29) is 11.8 Å². The van der Waals surface area contributed by atoms with E-state index in [1.165, 1.54) is 0 Å². The highest BCUT2D eigenvalue weighted by atomic mass is 16.3. The molecular formula is C16H21N3O2. The van der Waals surface area contributed by atoms with Crippen molar-refractivity contribution in [2.75, 3.05) is 5.32 Å². The van der Waals surface area contributed by atoms with Crippen molar-refractivity contribution in [1.82, 2.24) is 4.98 Å². The van der Waals surface area contributed by atoms with Crippen LogP contribution in [0.15, 0.2) is 22.6 Å². The van der Waals surface area contributed by atoms with Gasteiger partial charge in [-0.25, -0.2) is 4.98 Å². The summed E-state index contributed by atoms with van der Waals surface area (Å²) in [6.07, 6.45) is 3.18. The Morgan fingerprint density at radius 3 is 2.95 bits per heavy atom. The lowest BCUT2D eigenvalue weighted by Gasteiger charge is -2.17. The summed E-state index contributed by atoms with van der Waals surface area (Å²) in [4.78, 5) is 16.6. The average Bonchev–Trinajstić information content (AvgIpc) is 3.25. The second-order valence-electron chi connectivity index (χ2n) is 5.91. The van der Waals surface area contributed by atoms with E-state index < -0.39 is 6.04 Å². The standard InChI is InChI=1S/C16H21N3O2/c1-3-9(2)14(17)15(20)18-11-6-7-13-12(8-11)19-16(21-13)10-4-5-10/h6-10,14H,3-5,17H2,1-2H3,(H,18,20)/t9?,14-/m0/s1. The van der Waals surface area contributed by atoms with E-state index in [4.69, 9.17) is 10.2 Å². The van der Waals surface area contributed by atoms with Crippen molar-refractivity contribution in [2.45, 2.75) is 45.1 Å². The minimum absolute atomic E-state index is 0.155. The number of hydrogen-bond donors (Lipinski definition) is 2. The number of carbonyl (C=O) groups excluding carboxylic acids is 1. The monoisotopic (exact) mass is 287 g/mol. The first kappa shape index (κ1) is 14.1. The summed E-state index contributed by atoms with van der Waals surface area (Å²) >= 11 is 0. The van der Waals surface area contributed by atoms with Crippen molar-refractivity contribution < 1.29 is 9.21 Å². The fourth-order valence-corrected chi connectivity index (χ4v) is 2.27. The number of oxazole rings is 1. The number of carbonyl (C=O) groups is 1. The summed E-state index contributed by atoms with van der Waals surface area (Å²) < 4.78 is 5.71. The molecule has 0 spiro atoms. The van der Waals surface area contributed by atoms with Crippen LogP contribution in [0, 0.1) is 5.92 Å². The zero-order valence-electron chi connectivity index (χ0n) is 12.4. The van der Waals surface area contributed by atoms with Gasteiger partial charge in [0, 0.05) is 11.6 Å². The van der Waals surface area contributed by atoms with Crippen LogP contribution in [-0.2, 0) is 4.79 Å². The van der Waals surface area contributed by atoms with Gasteiger partial charge in [-0.2, -0.15) is 0 Å². The van der Waals surface area contributed by atoms with Gasteiger partial charge in [0.25, 0.3) is 0 Å². The van der Waals surface area contributed by atoms with Gasteiger partial charge in [0.2, 0.25) is 5.91 Å². The summed E-state index contributed by atoms with van der Waals surface area (Å²) in [5.74, 6) is 1.29. The van der Waals surface area contributed by atoms with Crippen molar-refractivity contribution in [2.24, 2.45) is 11.7 Å². The number of nitrogens with zero attached hydrogens (tertiary/aromatic N) is 1. The van der Waals surface area contributed by atoms with Crippen molar-refractivity contribution in [3.63, 3.8) is 0 Å². The first-order valence-electron chi connectivity index (χ1n) is 7.55. The third-order valence-electron chi connectivity index (χ3n) is 4.16. The molecule has 1 aromatic carbocycles. The Bertz CT molecular complexity index is 661. The molecule has 0 radical (unpaired) electrons. The Balaban J connectivity index is 1.76. The number of benzene rings is 1. The van der Waals surface area contributed by atoms with Gasteiger partial charge < -0.3 is 15.5 Å². The smallest absolute Gasteiger partial charge is 0.241 e. The average molecular weight is 287 g/mol. The molecule has 1 aliphatic carbocycles. The molecule has 1 heterocycles. The second kappa shape index (κ2) is 5.48. The van der Waals surface area contributed by atoms with Crippen LogP contribution in [0.25, 0.3) is 11.1 Å².